The highest BCUT2D eigenvalue weighted by atomic mass is 35.5. The molecule has 5 heteroatoms. The molecule has 1 heterocycles. The van der Waals surface area contributed by atoms with Crippen molar-refractivity contribution in [2.75, 3.05) is 20.3 Å². The molecule has 21 heavy (non-hydrogen) atoms. The van der Waals surface area contributed by atoms with E-state index in [-0.39, 0.29) is 0 Å². The molecule has 0 aromatic heterocycles. The minimum absolute atomic E-state index is 0.454. The van der Waals surface area contributed by atoms with Crippen LogP contribution in [-0.4, -0.2) is 36.8 Å². The van der Waals surface area contributed by atoms with Gasteiger partial charge in [0.15, 0.2) is 5.79 Å². The van der Waals surface area contributed by atoms with Gasteiger partial charge >= 0.3 is 0 Å². The Morgan fingerprint density at radius 1 is 1.19 bits per heavy atom. The summed E-state index contributed by atoms with van der Waals surface area (Å²) >= 11 is 6.06. The molecular weight excluding hydrogens is 292 g/mol. The quantitative estimate of drug-likeness (QED) is 0.932. The normalized spacial score (nSPS) is 23.4. The number of benzene rings is 1. The molecule has 1 aliphatic carbocycles. The average Bonchev–Trinajstić information content (AvgIpc) is 2.92. The molecule has 0 atom stereocenters. The molecule has 0 radical (unpaired) electrons. The Balaban J connectivity index is 1.71. The van der Waals surface area contributed by atoms with Gasteiger partial charge in [-0.1, -0.05) is 11.6 Å². The zero-order chi connectivity index (χ0) is 14.9. The molecule has 0 amide bonds. The van der Waals surface area contributed by atoms with Crippen LogP contribution in [0.2, 0.25) is 5.02 Å². The van der Waals surface area contributed by atoms with Crippen molar-refractivity contribution in [1.29, 1.82) is 0 Å². The Labute approximate surface area is 130 Å². The molecule has 116 valence electrons. The summed E-state index contributed by atoms with van der Waals surface area (Å²) in [5.41, 5.74) is 0.190. The lowest BCUT2D eigenvalue weighted by molar-refractivity contribution is -0.202. The van der Waals surface area contributed by atoms with Crippen molar-refractivity contribution in [3.05, 3.63) is 28.8 Å². The van der Waals surface area contributed by atoms with E-state index in [1.807, 2.05) is 12.1 Å². The van der Waals surface area contributed by atoms with Gasteiger partial charge in [0.2, 0.25) is 0 Å². The van der Waals surface area contributed by atoms with Gasteiger partial charge in [-0.3, -0.25) is 0 Å². The first-order valence-corrected chi connectivity index (χ1v) is 7.75. The smallest absolute Gasteiger partial charge is 0.168 e. The van der Waals surface area contributed by atoms with Crippen molar-refractivity contribution >= 4 is 11.6 Å². The molecule has 1 saturated heterocycles. The number of rotatable bonds is 3. The van der Waals surface area contributed by atoms with Gasteiger partial charge in [-0.15, -0.1) is 0 Å². The van der Waals surface area contributed by atoms with E-state index in [0.717, 1.165) is 24.2 Å². The third kappa shape index (κ3) is 3.19. The second-order valence-electron chi connectivity index (χ2n) is 5.96. The molecule has 1 saturated carbocycles. The van der Waals surface area contributed by atoms with E-state index >= 15 is 0 Å². The molecule has 1 aromatic carbocycles. The molecule has 1 aliphatic heterocycles. The van der Waals surface area contributed by atoms with Gasteiger partial charge in [0.25, 0.3) is 0 Å². The summed E-state index contributed by atoms with van der Waals surface area (Å²) in [5, 5.41) is 11.5. The maximum Gasteiger partial charge on any atom is 0.168 e. The number of hydrogen-bond donors (Lipinski definition) is 1. The third-order valence-electron chi connectivity index (χ3n) is 4.52. The molecule has 2 aliphatic rings. The Morgan fingerprint density at radius 3 is 2.48 bits per heavy atom. The summed E-state index contributed by atoms with van der Waals surface area (Å²) in [6, 6.07) is 5.50. The summed E-state index contributed by atoms with van der Waals surface area (Å²) in [7, 11) is 1.63. The molecule has 0 bridgehead atoms. The van der Waals surface area contributed by atoms with Crippen LogP contribution in [0.1, 0.15) is 31.2 Å². The molecule has 4 nitrogen and oxygen atoms in total. The maximum atomic E-state index is 10.9. The van der Waals surface area contributed by atoms with Crippen LogP contribution in [0.15, 0.2) is 18.2 Å². The van der Waals surface area contributed by atoms with E-state index < -0.39 is 11.4 Å². The van der Waals surface area contributed by atoms with E-state index in [4.69, 9.17) is 25.8 Å². The zero-order valence-electron chi connectivity index (χ0n) is 12.2. The highest BCUT2D eigenvalue weighted by Gasteiger charge is 2.45. The van der Waals surface area contributed by atoms with E-state index in [1.54, 1.807) is 13.2 Å². The van der Waals surface area contributed by atoms with Crippen LogP contribution in [0.25, 0.3) is 0 Å². The fraction of sp³-hybridized carbons (Fsp3) is 0.625. The van der Waals surface area contributed by atoms with Crippen molar-refractivity contribution < 1.29 is 19.3 Å². The second-order valence-corrected chi connectivity index (χ2v) is 6.40. The minimum atomic E-state index is -0.751. The van der Waals surface area contributed by atoms with Gasteiger partial charge in [-0.05, 0) is 36.6 Å². The van der Waals surface area contributed by atoms with E-state index in [0.29, 0.717) is 37.5 Å². The van der Waals surface area contributed by atoms with Crippen LogP contribution in [0.3, 0.4) is 0 Å². The summed E-state index contributed by atoms with van der Waals surface area (Å²) in [6.45, 7) is 1.31. The van der Waals surface area contributed by atoms with Gasteiger partial charge < -0.3 is 19.3 Å². The summed E-state index contributed by atoms with van der Waals surface area (Å²) in [5.74, 6) is 0.312. The molecule has 0 unspecified atom stereocenters. The Morgan fingerprint density at radius 2 is 1.86 bits per heavy atom. The van der Waals surface area contributed by atoms with Crippen LogP contribution in [-0.2, 0) is 15.9 Å². The minimum Gasteiger partial charge on any atom is -0.496 e. The molecule has 2 fully saturated rings. The fourth-order valence-electron chi connectivity index (χ4n) is 3.30. The maximum absolute atomic E-state index is 10.9. The number of hydrogen-bond acceptors (Lipinski definition) is 4. The molecule has 1 aromatic rings. The van der Waals surface area contributed by atoms with Crippen molar-refractivity contribution in [2.24, 2.45) is 0 Å². The van der Waals surface area contributed by atoms with Crippen molar-refractivity contribution in [1.82, 2.24) is 0 Å². The lowest BCUT2D eigenvalue weighted by Crippen LogP contribution is -2.44. The summed E-state index contributed by atoms with van der Waals surface area (Å²) < 4.78 is 16.8. The Hall–Kier alpha value is -0.810. The van der Waals surface area contributed by atoms with Crippen LogP contribution in [0, 0.1) is 0 Å². The van der Waals surface area contributed by atoms with Gasteiger partial charge in [0.05, 0.1) is 25.9 Å². The molecule has 1 spiro atoms. The number of aliphatic hydroxyl groups is 1. The molecular formula is C16H21ClO4. The predicted octanol–water partition coefficient (Wildman–Crippen LogP) is 2.94. The van der Waals surface area contributed by atoms with Crippen LogP contribution in [0.5, 0.6) is 5.75 Å². The Kier molecular flexibility index (Phi) is 4.14. The standard InChI is InChI=1S/C16H21ClO4/c1-19-14-3-2-13(17)10-12(14)11-15(18)4-6-16(7-5-15)20-8-9-21-16/h2-3,10,18H,4-9,11H2,1H3. The first kappa shape index (κ1) is 15.1. The van der Waals surface area contributed by atoms with Crippen LogP contribution in [0.4, 0.5) is 0 Å². The first-order chi connectivity index (χ1) is 10.0. The van der Waals surface area contributed by atoms with E-state index in [1.165, 1.54) is 0 Å². The van der Waals surface area contributed by atoms with E-state index in [2.05, 4.69) is 0 Å². The SMILES string of the molecule is COc1ccc(Cl)cc1CC1(O)CCC2(CC1)OCCO2. The van der Waals surface area contributed by atoms with Gasteiger partial charge in [0, 0.05) is 24.3 Å². The summed E-state index contributed by atoms with van der Waals surface area (Å²) in [6.07, 6.45) is 3.30. The molecule has 3 rings (SSSR count). The Bertz CT molecular complexity index is 501. The van der Waals surface area contributed by atoms with Gasteiger partial charge in [0.1, 0.15) is 5.75 Å². The van der Waals surface area contributed by atoms with Crippen LogP contribution < -0.4 is 4.74 Å². The average molecular weight is 313 g/mol. The lowest BCUT2D eigenvalue weighted by Gasteiger charge is -2.40. The lowest BCUT2D eigenvalue weighted by atomic mass is 9.77. The number of methoxy groups -OCH3 is 1. The number of halogens is 1. The third-order valence-corrected chi connectivity index (χ3v) is 4.75. The topological polar surface area (TPSA) is 47.9 Å². The van der Waals surface area contributed by atoms with Gasteiger partial charge in [-0.25, -0.2) is 0 Å². The largest absolute Gasteiger partial charge is 0.496 e. The monoisotopic (exact) mass is 312 g/mol. The van der Waals surface area contributed by atoms with Crippen molar-refractivity contribution in [3.8, 4) is 5.75 Å². The highest BCUT2D eigenvalue weighted by molar-refractivity contribution is 6.30. The predicted molar refractivity (Wildman–Crippen MR) is 79.8 cm³/mol. The van der Waals surface area contributed by atoms with E-state index in [9.17, 15) is 5.11 Å². The molecule has 1 N–H and O–H groups in total. The number of ether oxygens (including phenoxy) is 3. The van der Waals surface area contributed by atoms with Gasteiger partial charge in [-0.2, -0.15) is 0 Å². The zero-order valence-corrected chi connectivity index (χ0v) is 13.0. The highest BCUT2D eigenvalue weighted by Crippen LogP contribution is 2.42. The van der Waals surface area contributed by atoms with Crippen LogP contribution >= 0.6 is 11.6 Å². The second kappa shape index (κ2) is 5.76. The summed E-state index contributed by atoms with van der Waals surface area (Å²) in [4.78, 5) is 0. The van der Waals surface area contributed by atoms with Crippen molar-refractivity contribution in [3.63, 3.8) is 0 Å². The van der Waals surface area contributed by atoms with Crippen molar-refractivity contribution in [2.45, 2.75) is 43.5 Å². The fourth-order valence-corrected chi connectivity index (χ4v) is 3.49. The first-order valence-electron chi connectivity index (χ1n) is 7.37.